The molecule has 5 heteroatoms. The molecule has 0 aromatic heterocycles. The van der Waals surface area contributed by atoms with Gasteiger partial charge in [-0.25, -0.2) is 13.0 Å². The Morgan fingerprint density at radius 2 is 1.88 bits per heavy atom. The van der Waals surface area contributed by atoms with Crippen molar-refractivity contribution >= 4 is 25.3 Å². The van der Waals surface area contributed by atoms with E-state index >= 15 is 0 Å². The molecule has 48 valence electrons. The Morgan fingerprint density at radius 1 is 1.50 bits per heavy atom. The number of hydrogen-bond acceptors (Lipinski definition) is 2. The molecule has 0 aliphatic rings. The van der Waals surface area contributed by atoms with Gasteiger partial charge in [0.15, 0.2) is 0 Å². The summed E-state index contributed by atoms with van der Waals surface area (Å²) in [5.41, 5.74) is 0.925. The van der Waals surface area contributed by atoms with E-state index in [1.807, 2.05) is 0 Å². The van der Waals surface area contributed by atoms with Crippen LogP contribution in [0.2, 0.25) is 0 Å². The molecular weight excluding hydrogens is 150 g/mol. The van der Waals surface area contributed by atoms with Crippen LogP contribution in [0.3, 0.4) is 0 Å². The van der Waals surface area contributed by atoms with Gasteiger partial charge in [-0.05, 0) is 0 Å². The van der Waals surface area contributed by atoms with Crippen LogP contribution in [0.25, 0.3) is 0 Å². The molecule has 0 aromatic carbocycles. The second-order valence-electron chi connectivity index (χ2n) is 1.54. The lowest BCUT2D eigenvalue weighted by molar-refractivity contribution is -0.456. The van der Waals surface area contributed by atoms with E-state index in [9.17, 15) is 8.42 Å². The second kappa shape index (κ2) is 2.46. The first-order valence-corrected chi connectivity index (χ1v) is 4.25. The minimum atomic E-state index is -3.45. The number of rotatable bonds is 1. The summed E-state index contributed by atoms with van der Waals surface area (Å²) < 4.78 is 21.6. The third-order valence-corrected chi connectivity index (χ3v) is 1.25. The van der Waals surface area contributed by atoms with Gasteiger partial charge in [0.05, 0.1) is 0 Å². The summed E-state index contributed by atoms with van der Waals surface area (Å²) in [6, 6.07) is 0. The maximum Gasteiger partial charge on any atom is 0.313 e. The molecule has 0 radical (unpaired) electrons. The summed E-state index contributed by atoms with van der Waals surface area (Å²) in [6.45, 7) is 0. The molecule has 0 N–H and O–H groups in total. The molecule has 0 spiro atoms. The van der Waals surface area contributed by atoms with E-state index in [2.05, 4.69) is 0 Å². The fourth-order valence-corrected chi connectivity index (χ4v) is 1.23. The van der Waals surface area contributed by atoms with E-state index in [-0.39, 0.29) is 0 Å². The smallest absolute Gasteiger partial charge is 0.231 e. The van der Waals surface area contributed by atoms with Crippen molar-refractivity contribution < 1.29 is 13.0 Å². The van der Waals surface area contributed by atoms with E-state index in [4.69, 9.17) is 10.7 Å². The van der Waals surface area contributed by atoms with Crippen LogP contribution in [-0.4, -0.2) is 32.6 Å². The van der Waals surface area contributed by atoms with Crippen LogP contribution in [-0.2, 0) is 9.05 Å². The molecule has 0 saturated carbocycles. The third-order valence-electron chi connectivity index (χ3n) is 0.337. The van der Waals surface area contributed by atoms with Gasteiger partial charge in [-0.2, -0.15) is 0 Å². The van der Waals surface area contributed by atoms with Crippen molar-refractivity contribution in [1.29, 1.82) is 0 Å². The van der Waals surface area contributed by atoms with Crippen LogP contribution in [0.15, 0.2) is 0 Å². The Morgan fingerprint density at radius 3 is 1.88 bits per heavy atom. The molecule has 0 rings (SSSR count). The highest BCUT2D eigenvalue weighted by molar-refractivity contribution is 8.24. The molecule has 0 heterocycles. The van der Waals surface area contributed by atoms with Gasteiger partial charge in [0.25, 0.3) is 5.55 Å². The maximum atomic E-state index is 10.1. The fourth-order valence-electron chi connectivity index (χ4n) is 0.252. The normalized spacial score (nSPS) is 10.9. The van der Waals surface area contributed by atoms with Crippen LogP contribution in [0.1, 0.15) is 0 Å². The van der Waals surface area contributed by atoms with E-state index in [1.54, 1.807) is 14.1 Å². The van der Waals surface area contributed by atoms with Crippen molar-refractivity contribution in [2.45, 2.75) is 0 Å². The van der Waals surface area contributed by atoms with Crippen molar-refractivity contribution in [2.75, 3.05) is 14.1 Å². The van der Waals surface area contributed by atoms with Gasteiger partial charge >= 0.3 is 9.05 Å². The highest BCUT2D eigenvalue weighted by Crippen LogP contribution is 1.87. The van der Waals surface area contributed by atoms with Gasteiger partial charge in [0, 0.05) is 10.7 Å². The summed E-state index contributed by atoms with van der Waals surface area (Å²) in [5, 5.41) is 0. The Kier molecular flexibility index (Phi) is 2.43. The lowest BCUT2D eigenvalue weighted by Crippen LogP contribution is -2.03. The number of hydrogen-bond donors (Lipinski definition) is 0. The molecule has 0 aromatic rings. The summed E-state index contributed by atoms with van der Waals surface area (Å²) in [6.07, 6.45) is 0. The maximum absolute atomic E-state index is 10.1. The van der Waals surface area contributed by atoms with Crippen molar-refractivity contribution in [3.63, 3.8) is 0 Å². The molecule has 0 unspecified atom stereocenters. The molecule has 0 fully saturated rings. The lowest BCUT2D eigenvalue weighted by Gasteiger charge is -1.79. The summed E-state index contributed by atoms with van der Waals surface area (Å²) >= 11 is 0. The Balaban J connectivity index is 4.36. The average molecular weight is 157 g/mol. The van der Waals surface area contributed by atoms with Crippen molar-refractivity contribution in [3.05, 3.63) is 0 Å². The van der Waals surface area contributed by atoms with Crippen molar-refractivity contribution in [2.24, 2.45) is 0 Å². The van der Waals surface area contributed by atoms with E-state index in [0.29, 0.717) is 0 Å². The quantitative estimate of drug-likeness (QED) is 0.229. The third kappa shape index (κ3) is 5.91. The molecule has 0 aliphatic heterocycles. The molecule has 3 nitrogen and oxygen atoms in total. The van der Waals surface area contributed by atoms with E-state index in [1.165, 1.54) is 4.58 Å². The van der Waals surface area contributed by atoms with Gasteiger partial charge < -0.3 is 0 Å². The molecule has 0 saturated heterocycles. The van der Waals surface area contributed by atoms with Crippen LogP contribution in [0.5, 0.6) is 0 Å². The molecule has 0 aliphatic carbocycles. The Labute approximate surface area is 53.0 Å². The molecule has 8 heavy (non-hydrogen) atoms. The summed E-state index contributed by atoms with van der Waals surface area (Å²) in [4.78, 5) is 0. The SMILES string of the molecule is C[N+](C)=CS(=O)(=O)Cl. The van der Waals surface area contributed by atoms with Crippen molar-refractivity contribution in [3.8, 4) is 0 Å². The van der Waals surface area contributed by atoms with Crippen LogP contribution in [0, 0.1) is 0 Å². The minimum Gasteiger partial charge on any atom is -0.231 e. The van der Waals surface area contributed by atoms with E-state index < -0.39 is 9.05 Å². The first-order valence-electron chi connectivity index (χ1n) is 1.88. The largest absolute Gasteiger partial charge is 0.313 e. The van der Waals surface area contributed by atoms with Crippen LogP contribution < -0.4 is 0 Å². The predicted molar refractivity (Wildman–Crippen MR) is 32.9 cm³/mol. The first-order chi connectivity index (χ1) is 3.42. The first kappa shape index (κ1) is 7.91. The van der Waals surface area contributed by atoms with Crippen LogP contribution in [0.4, 0.5) is 0 Å². The number of halogens is 1. The van der Waals surface area contributed by atoms with Crippen molar-refractivity contribution in [1.82, 2.24) is 0 Å². The monoisotopic (exact) mass is 156 g/mol. The highest BCUT2D eigenvalue weighted by Gasteiger charge is 2.02. The molecular formula is C3H7ClNO2S+. The lowest BCUT2D eigenvalue weighted by atomic mass is 11.1. The average Bonchev–Trinajstić information content (AvgIpc) is 1.21. The summed E-state index contributed by atoms with van der Waals surface area (Å²) in [7, 11) is 4.52. The molecule has 0 amide bonds. The molecule has 0 atom stereocenters. The van der Waals surface area contributed by atoms with Gasteiger partial charge in [-0.3, -0.25) is 0 Å². The van der Waals surface area contributed by atoms with Gasteiger partial charge in [-0.1, -0.05) is 0 Å². The van der Waals surface area contributed by atoms with E-state index in [0.717, 1.165) is 5.55 Å². The highest BCUT2D eigenvalue weighted by atomic mass is 35.7. The van der Waals surface area contributed by atoms with Gasteiger partial charge in [0.1, 0.15) is 14.1 Å². The molecule has 0 bridgehead atoms. The fraction of sp³-hybridized carbons (Fsp3) is 0.667. The zero-order chi connectivity index (χ0) is 6.78. The van der Waals surface area contributed by atoms with Gasteiger partial charge in [0.2, 0.25) is 0 Å². The zero-order valence-electron chi connectivity index (χ0n) is 4.63. The Hall–Kier alpha value is -0.0900. The summed E-state index contributed by atoms with van der Waals surface area (Å²) in [5.74, 6) is 0. The van der Waals surface area contributed by atoms with Crippen LogP contribution >= 0.6 is 10.7 Å². The standard InChI is InChI=1S/C3H7ClNO2S/c1-5(2)3-8(4,6)7/h3H,1-2H3/q+1. The Bertz CT molecular complexity index is 189. The second-order valence-corrected chi connectivity index (χ2v) is 4.00. The zero-order valence-corrected chi connectivity index (χ0v) is 6.20. The van der Waals surface area contributed by atoms with Gasteiger partial charge in [-0.15, -0.1) is 0 Å². The predicted octanol–water partition coefficient (Wildman–Crippen LogP) is -0.145. The number of nitrogens with zero attached hydrogens (tertiary/aromatic N) is 1. The minimum absolute atomic E-state index is 0.925. The topological polar surface area (TPSA) is 37.1 Å².